The van der Waals surface area contributed by atoms with E-state index in [9.17, 15) is 4.79 Å². The molecule has 1 saturated heterocycles. The Morgan fingerprint density at radius 3 is 2.40 bits per heavy atom. The van der Waals surface area contributed by atoms with Gasteiger partial charge >= 0.3 is 0 Å². The first-order valence-electron chi connectivity index (χ1n) is 6.15. The Morgan fingerprint density at radius 1 is 1.40 bits per heavy atom. The number of likely N-dealkylation sites (tertiary alicyclic amines) is 1. The van der Waals surface area contributed by atoms with E-state index < -0.39 is 0 Å². The number of piperidine rings is 1. The average Bonchev–Trinajstić information content (AvgIpc) is 2.15. The number of carbonyl (C=O) groups is 1. The molecule has 0 bridgehead atoms. The molecule has 1 heterocycles. The number of hydrogen-bond acceptors (Lipinski definition) is 1. The number of nitrogens with zero attached hydrogens (tertiary/aromatic N) is 1. The lowest BCUT2D eigenvalue weighted by atomic mass is 9.73. The standard InChI is InChI=1S/C13H25NO/c1-6-12(15)14-8-7-11(9-10(14)2)13(3,4)5/h10-11H,6-9H2,1-5H3/t10-,11?/m1/s1. The fourth-order valence-corrected chi connectivity index (χ4v) is 2.53. The zero-order chi connectivity index (χ0) is 11.6. The van der Waals surface area contributed by atoms with Gasteiger partial charge in [-0.05, 0) is 31.1 Å². The highest BCUT2D eigenvalue weighted by Crippen LogP contribution is 2.36. The van der Waals surface area contributed by atoms with Gasteiger partial charge in [0.25, 0.3) is 0 Å². The summed E-state index contributed by atoms with van der Waals surface area (Å²) in [5.74, 6) is 1.07. The maximum atomic E-state index is 11.7. The minimum atomic E-state index is 0.315. The molecule has 2 atom stereocenters. The quantitative estimate of drug-likeness (QED) is 0.652. The lowest BCUT2D eigenvalue weighted by Crippen LogP contribution is -2.46. The molecule has 1 amide bonds. The van der Waals surface area contributed by atoms with Crippen molar-refractivity contribution in [2.24, 2.45) is 11.3 Å². The Kier molecular flexibility index (Phi) is 3.80. The van der Waals surface area contributed by atoms with Crippen molar-refractivity contribution in [3.63, 3.8) is 0 Å². The van der Waals surface area contributed by atoms with Crippen LogP contribution in [-0.2, 0) is 4.79 Å². The van der Waals surface area contributed by atoms with Gasteiger partial charge in [-0.1, -0.05) is 27.7 Å². The Balaban J connectivity index is 2.59. The number of hydrogen-bond donors (Lipinski definition) is 0. The van der Waals surface area contributed by atoms with Crippen molar-refractivity contribution in [1.82, 2.24) is 4.90 Å². The number of rotatable bonds is 1. The third-order valence-corrected chi connectivity index (χ3v) is 3.72. The Labute approximate surface area is 94.0 Å². The second-order valence-corrected chi connectivity index (χ2v) is 5.88. The third kappa shape index (κ3) is 2.96. The molecular formula is C13H25NO. The molecular weight excluding hydrogens is 186 g/mol. The normalized spacial score (nSPS) is 27.9. The second-order valence-electron chi connectivity index (χ2n) is 5.88. The van der Waals surface area contributed by atoms with E-state index >= 15 is 0 Å². The summed E-state index contributed by atoms with van der Waals surface area (Å²) < 4.78 is 0. The van der Waals surface area contributed by atoms with E-state index in [1.54, 1.807) is 0 Å². The third-order valence-electron chi connectivity index (χ3n) is 3.72. The van der Waals surface area contributed by atoms with E-state index in [0.717, 1.165) is 18.9 Å². The molecule has 2 nitrogen and oxygen atoms in total. The lowest BCUT2D eigenvalue weighted by Gasteiger charge is -2.42. The van der Waals surface area contributed by atoms with E-state index in [-0.39, 0.29) is 0 Å². The maximum Gasteiger partial charge on any atom is 0.222 e. The van der Waals surface area contributed by atoms with Gasteiger partial charge in [0.1, 0.15) is 0 Å². The van der Waals surface area contributed by atoms with Crippen LogP contribution in [0.1, 0.15) is 53.9 Å². The van der Waals surface area contributed by atoms with Gasteiger partial charge in [0.2, 0.25) is 5.91 Å². The lowest BCUT2D eigenvalue weighted by molar-refractivity contribution is -0.135. The highest BCUT2D eigenvalue weighted by Gasteiger charge is 2.33. The molecule has 1 fully saturated rings. The van der Waals surface area contributed by atoms with Crippen LogP contribution >= 0.6 is 0 Å². The van der Waals surface area contributed by atoms with E-state index in [1.165, 1.54) is 6.42 Å². The van der Waals surface area contributed by atoms with Gasteiger partial charge in [-0.15, -0.1) is 0 Å². The molecule has 0 aromatic carbocycles. The molecule has 1 unspecified atom stereocenters. The van der Waals surface area contributed by atoms with Crippen molar-refractivity contribution in [2.45, 2.75) is 59.9 Å². The van der Waals surface area contributed by atoms with Crippen LogP contribution in [-0.4, -0.2) is 23.4 Å². The molecule has 0 aromatic rings. The monoisotopic (exact) mass is 211 g/mol. The molecule has 0 radical (unpaired) electrons. The van der Waals surface area contributed by atoms with Crippen LogP contribution in [0.3, 0.4) is 0 Å². The summed E-state index contributed by atoms with van der Waals surface area (Å²) >= 11 is 0. The number of amides is 1. The molecule has 1 aliphatic heterocycles. The SMILES string of the molecule is CCC(=O)N1CCC(C(C)(C)C)C[C@H]1C. The van der Waals surface area contributed by atoms with Gasteiger partial charge in [0, 0.05) is 19.0 Å². The molecule has 2 heteroatoms. The summed E-state index contributed by atoms with van der Waals surface area (Å²) in [6.07, 6.45) is 2.97. The molecule has 0 N–H and O–H groups in total. The Bertz CT molecular complexity index is 229. The zero-order valence-corrected chi connectivity index (χ0v) is 10.8. The highest BCUT2D eigenvalue weighted by atomic mass is 16.2. The first-order chi connectivity index (χ1) is 6.86. The molecule has 0 spiro atoms. The van der Waals surface area contributed by atoms with Gasteiger partial charge in [-0.25, -0.2) is 0 Å². The predicted molar refractivity (Wildman–Crippen MR) is 63.6 cm³/mol. The molecule has 1 aliphatic rings. The molecule has 0 saturated carbocycles. The van der Waals surface area contributed by atoms with Crippen LogP contribution in [0.25, 0.3) is 0 Å². The molecule has 15 heavy (non-hydrogen) atoms. The summed E-state index contributed by atoms with van der Waals surface area (Å²) in [6, 6.07) is 0.426. The minimum absolute atomic E-state index is 0.315. The van der Waals surface area contributed by atoms with E-state index in [1.807, 2.05) is 6.92 Å². The average molecular weight is 211 g/mol. The second kappa shape index (κ2) is 4.54. The van der Waals surface area contributed by atoms with Crippen LogP contribution in [0.4, 0.5) is 0 Å². The molecule has 1 rings (SSSR count). The van der Waals surface area contributed by atoms with Crippen LogP contribution in [0.15, 0.2) is 0 Å². The molecule has 0 aliphatic carbocycles. The highest BCUT2D eigenvalue weighted by molar-refractivity contribution is 5.76. The van der Waals surface area contributed by atoms with Crippen molar-refractivity contribution in [3.8, 4) is 0 Å². The zero-order valence-electron chi connectivity index (χ0n) is 10.8. The molecule has 0 aromatic heterocycles. The van der Waals surface area contributed by atoms with E-state index in [2.05, 4.69) is 32.6 Å². The first-order valence-corrected chi connectivity index (χ1v) is 6.15. The Hall–Kier alpha value is -0.530. The van der Waals surface area contributed by atoms with Crippen molar-refractivity contribution >= 4 is 5.91 Å². The largest absolute Gasteiger partial charge is 0.340 e. The van der Waals surface area contributed by atoms with Crippen LogP contribution in [0.5, 0.6) is 0 Å². The summed E-state index contributed by atoms with van der Waals surface area (Å²) in [6.45, 7) is 12.0. The summed E-state index contributed by atoms with van der Waals surface area (Å²) in [4.78, 5) is 13.7. The van der Waals surface area contributed by atoms with Crippen LogP contribution in [0.2, 0.25) is 0 Å². The minimum Gasteiger partial charge on any atom is -0.340 e. The Morgan fingerprint density at radius 2 is 2.00 bits per heavy atom. The van der Waals surface area contributed by atoms with E-state index in [4.69, 9.17) is 0 Å². The van der Waals surface area contributed by atoms with Crippen molar-refractivity contribution < 1.29 is 4.79 Å². The van der Waals surface area contributed by atoms with Gasteiger partial charge < -0.3 is 4.90 Å². The summed E-state index contributed by atoms with van der Waals surface area (Å²) in [7, 11) is 0. The predicted octanol–water partition coefficient (Wildman–Crippen LogP) is 3.07. The van der Waals surface area contributed by atoms with Crippen molar-refractivity contribution in [1.29, 1.82) is 0 Å². The smallest absolute Gasteiger partial charge is 0.222 e. The summed E-state index contributed by atoms with van der Waals surface area (Å²) in [5, 5.41) is 0. The van der Waals surface area contributed by atoms with Crippen molar-refractivity contribution in [2.75, 3.05) is 6.54 Å². The molecule has 88 valence electrons. The summed E-state index contributed by atoms with van der Waals surface area (Å²) in [5.41, 5.74) is 0.385. The fraction of sp³-hybridized carbons (Fsp3) is 0.923. The fourth-order valence-electron chi connectivity index (χ4n) is 2.53. The number of carbonyl (C=O) groups excluding carboxylic acids is 1. The van der Waals surface area contributed by atoms with Gasteiger partial charge in [-0.2, -0.15) is 0 Å². The van der Waals surface area contributed by atoms with Crippen LogP contribution in [0, 0.1) is 11.3 Å². The maximum absolute atomic E-state index is 11.7. The van der Waals surface area contributed by atoms with E-state index in [0.29, 0.717) is 23.8 Å². The first kappa shape index (κ1) is 12.5. The van der Waals surface area contributed by atoms with Gasteiger partial charge in [0.15, 0.2) is 0 Å². The van der Waals surface area contributed by atoms with Gasteiger partial charge in [-0.3, -0.25) is 4.79 Å². The topological polar surface area (TPSA) is 20.3 Å². The van der Waals surface area contributed by atoms with Crippen molar-refractivity contribution in [3.05, 3.63) is 0 Å². The van der Waals surface area contributed by atoms with Crippen LogP contribution < -0.4 is 0 Å². The van der Waals surface area contributed by atoms with Gasteiger partial charge in [0.05, 0.1) is 0 Å².